The van der Waals surface area contributed by atoms with Crippen LogP contribution in [0, 0.1) is 0 Å². The number of amides is 1. The van der Waals surface area contributed by atoms with Crippen LogP contribution in [0.1, 0.15) is 5.69 Å². The molecule has 0 atom stereocenters. The van der Waals surface area contributed by atoms with Gasteiger partial charge in [0.1, 0.15) is 4.32 Å². The van der Waals surface area contributed by atoms with Crippen molar-refractivity contribution in [3.8, 4) is 0 Å². The molecule has 1 aliphatic rings. The van der Waals surface area contributed by atoms with Crippen molar-refractivity contribution in [2.75, 3.05) is 7.05 Å². The molecule has 0 spiro atoms. The fourth-order valence-electron chi connectivity index (χ4n) is 1.84. The summed E-state index contributed by atoms with van der Waals surface area (Å²) in [4.78, 5) is 18.5. The van der Waals surface area contributed by atoms with Crippen molar-refractivity contribution in [3.05, 3.63) is 47.0 Å². The zero-order valence-electron chi connectivity index (χ0n) is 10.2. The van der Waals surface area contributed by atoms with E-state index in [1.54, 1.807) is 13.1 Å². The third-order valence-corrected chi connectivity index (χ3v) is 4.37. The molecule has 1 amide bonds. The van der Waals surface area contributed by atoms with Crippen molar-refractivity contribution >= 4 is 51.2 Å². The first-order chi connectivity index (χ1) is 9.15. The number of pyridine rings is 1. The standard InChI is InChI=1S/C14H10N2OS2/c1-16-13(17)12(19-14(16)18)8-10-7-6-9-4-2-3-5-11(9)15-10/h2-8H,1H3. The summed E-state index contributed by atoms with van der Waals surface area (Å²) in [7, 11) is 1.69. The Morgan fingerprint density at radius 1 is 1.26 bits per heavy atom. The maximum absolute atomic E-state index is 11.9. The van der Waals surface area contributed by atoms with Crippen LogP contribution in [0.5, 0.6) is 0 Å². The summed E-state index contributed by atoms with van der Waals surface area (Å²) in [5.74, 6) is -0.0649. The second-order valence-corrected chi connectivity index (χ2v) is 5.85. The maximum atomic E-state index is 11.9. The molecule has 1 fully saturated rings. The van der Waals surface area contributed by atoms with Gasteiger partial charge in [0.15, 0.2) is 0 Å². The second kappa shape index (κ2) is 4.75. The fraction of sp³-hybridized carbons (Fsp3) is 0.0714. The van der Waals surface area contributed by atoms with Crippen LogP contribution >= 0.6 is 24.0 Å². The Balaban J connectivity index is 2.02. The molecule has 0 saturated carbocycles. The first-order valence-corrected chi connectivity index (χ1v) is 6.95. The lowest BCUT2D eigenvalue weighted by Crippen LogP contribution is -2.22. The summed E-state index contributed by atoms with van der Waals surface area (Å²) in [5, 5.41) is 1.09. The quantitative estimate of drug-likeness (QED) is 0.596. The highest BCUT2D eigenvalue weighted by Crippen LogP contribution is 2.31. The number of carbonyl (C=O) groups excluding carboxylic acids is 1. The lowest BCUT2D eigenvalue weighted by molar-refractivity contribution is -0.121. The van der Waals surface area contributed by atoms with Gasteiger partial charge in [0.2, 0.25) is 0 Å². The van der Waals surface area contributed by atoms with Crippen molar-refractivity contribution in [3.63, 3.8) is 0 Å². The van der Waals surface area contributed by atoms with E-state index in [0.29, 0.717) is 9.23 Å². The number of para-hydroxylation sites is 1. The van der Waals surface area contributed by atoms with E-state index >= 15 is 0 Å². The van der Waals surface area contributed by atoms with E-state index in [0.717, 1.165) is 16.6 Å². The largest absolute Gasteiger partial charge is 0.296 e. The van der Waals surface area contributed by atoms with Crippen molar-refractivity contribution in [1.82, 2.24) is 9.88 Å². The number of likely N-dealkylation sites (N-methyl/N-ethyl adjacent to an activating group) is 1. The fourth-order valence-corrected chi connectivity index (χ4v) is 3.01. The van der Waals surface area contributed by atoms with E-state index in [4.69, 9.17) is 12.2 Å². The van der Waals surface area contributed by atoms with Crippen molar-refractivity contribution in [2.45, 2.75) is 0 Å². The lowest BCUT2D eigenvalue weighted by atomic mass is 10.2. The van der Waals surface area contributed by atoms with Gasteiger partial charge in [0.05, 0.1) is 16.1 Å². The van der Waals surface area contributed by atoms with Crippen molar-refractivity contribution in [1.29, 1.82) is 0 Å². The zero-order chi connectivity index (χ0) is 13.4. The van der Waals surface area contributed by atoms with Crippen LogP contribution in [0.4, 0.5) is 0 Å². The van der Waals surface area contributed by atoms with Gasteiger partial charge in [-0.25, -0.2) is 4.98 Å². The Morgan fingerprint density at radius 3 is 2.79 bits per heavy atom. The molecule has 0 radical (unpaired) electrons. The van der Waals surface area contributed by atoms with Crippen LogP contribution in [0.3, 0.4) is 0 Å². The van der Waals surface area contributed by atoms with E-state index < -0.39 is 0 Å². The van der Waals surface area contributed by atoms with Gasteiger partial charge in [0, 0.05) is 12.4 Å². The van der Waals surface area contributed by atoms with Gasteiger partial charge in [-0.1, -0.05) is 48.2 Å². The Kier molecular flexibility index (Phi) is 3.08. The topological polar surface area (TPSA) is 33.2 Å². The number of hydrogen-bond donors (Lipinski definition) is 0. The van der Waals surface area contributed by atoms with Gasteiger partial charge in [-0.05, 0) is 18.2 Å². The summed E-state index contributed by atoms with van der Waals surface area (Å²) >= 11 is 6.41. The molecule has 3 nitrogen and oxygen atoms in total. The van der Waals surface area contributed by atoms with Gasteiger partial charge in [-0.2, -0.15) is 0 Å². The molecule has 2 aromatic rings. The van der Waals surface area contributed by atoms with Crippen molar-refractivity contribution in [2.24, 2.45) is 0 Å². The molecule has 2 heterocycles. The van der Waals surface area contributed by atoms with Crippen LogP contribution in [0.25, 0.3) is 17.0 Å². The highest BCUT2D eigenvalue weighted by molar-refractivity contribution is 8.26. The molecule has 5 heteroatoms. The molecule has 1 saturated heterocycles. The summed E-state index contributed by atoms with van der Waals surface area (Å²) in [6.45, 7) is 0. The predicted molar refractivity (Wildman–Crippen MR) is 82.7 cm³/mol. The van der Waals surface area contributed by atoms with Gasteiger partial charge in [-0.3, -0.25) is 9.69 Å². The molecular formula is C14H10N2OS2. The Labute approximate surface area is 120 Å². The number of nitrogens with zero attached hydrogens (tertiary/aromatic N) is 2. The van der Waals surface area contributed by atoms with Gasteiger partial charge >= 0.3 is 0 Å². The molecule has 1 aromatic heterocycles. The molecule has 19 heavy (non-hydrogen) atoms. The first kappa shape index (κ1) is 12.3. The number of thiocarbonyl (C=S) groups is 1. The summed E-state index contributed by atoms with van der Waals surface area (Å²) in [6, 6.07) is 11.8. The average Bonchev–Trinajstić information content (AvgIpc) is 2.66. The van der Waals surface area contributed by atoms with E-state index in [9.17, 15) is 4.79 Å². The first-order valence-electron chi connectivity index (χ1n) is 5.72. The maximum Gasteiger partial charge on any atom is 0.265 e. The predicted octanol–water partition coefficient (Wildman–Crippen LogP) is 3.07. The Bertz CT molecular complexity index is 724. The molecule has 3 rings (SSSR count). The van der Waals surface area contributed by atoms with Crippen LogP contribution in [-0.2, 0) is 4.79 Å². The number of benzene rings is 1. The number of rotatable bonds is 1. The summed E-state index contributed by atoms with van der Waals surface area (Å²) in [6.07, 6.45) is 1.79. The monoisotopic (exact) mass is 286 g/mol. The third-order valence-electron chi connectivity index (χ3n) is 2.89. The van der Waals surface area contributed by atoms with Crippen molar-refractivity contribution < 1.29 is 4.79 Å². The van der Waals surface area contributed by atoms with Gasteiger partial charge < -0.3 is 0 Å². The number of thioether (sulfide) groups is 1. The normalized spacial score (nSPS) is 17.7. The SMILES string of the molecule is CN1C(=O)C(=Cc2ccc3ccccc3n2)SC1=S. The van der Waals surface area contributed by atoms with E-state index in [1.807, 2.05) is 36.4 Å². The lowest BCUT2D eigenvalue weighted by Gasteiger charge is -2.03. The van der Waals surface area contributed by atoms with E-state index in [2.05, 4.69) is 4.98 Å². The van der Waals surface area contributed by atoms with Gasteiger partial charge in [-0.15, -0.1) is 0 Å². The third kappa shape index (κ3) is 2.27. The van der Waals surface area contributed by atoms with E-state index in [-0.39, 0.29) is 5.91 Å². The molecule has 1 aromatic carbocycles. The number of aromatic nitrogens is 1. The van der Waals surface area contributed by atoms with Crippen LogP contribution < -0.4 is 0 Å². The minimum Gasteiger partial charge on any atom is -0.296 e. The molecule has 0 bridgehead atoms. The molecular weight excluding hydrogens is 276 g/mol. The number of hydrogen-bond acceptors (Lipinski definition) is 4. The molecule has 0 aliphatic carbocycles. The smallest absolute Gasteiger partial charge is 0.265 e. The van der Waals surface area contributed by atoms with E-state index in [1.165, 1.54) is 16.7 Å². The summed E-state index contributed by atoms with van der Waals surface area (Å²) < 4.78 is 0.581. The highest BCUT2D eigenvalue weighted by atomic mass is 32.2. The Morgan fingerprint density at radius 2 is 2.05 bits per heavy atom. The summed E-state index contributed by atoms with van der Waals surface area (Å²) in [5.41, 5.74) is 1.69. The average molecular weight is 286 g/mol. The molecule has 0 N–H and O–H groups in total. The minimum atomic E-state index is -0.0649. The zero-order valence-corrected chi connectivity index (χ0v) is 11.8. The van der Waals surface area contributed by atoms with Crippen LogP contribution in [0.2, 0.25) is 0 Å². The highest BCUT2D eigenvalue weighted by Gasteiger charge is 2.28. The Hall–Kier alpha value is -1.72. The van der Waals surface area contributed by atoms with Crippen LogP contribution in [-0.4, -0.2) is 27.2 Å². The van der Waals surface area contributed by atoms with Crippen LogP contribution in [0.15, 0.2) is 41.3 Å². The number of fused-ring (bicyclic) bond motifs is 1. The molecule has 94 valence electrons. The second-order valence-electron chi connectivity index (χ2n) is 4.17. The minimum absolute atomic E-state index is 0.0649. The number of carbonyl (C=O) groups is 1. The van der Waals surface area contributed by atoms with Gasteiger partial charge in [0.25, 0.3) is 5.91 Å². The molecule has 0 unspecified atom stereocenters. The molecule has 1 aliphatic heterocycles.